The number of nitrogens with zero attached hydrogens (tertiary/aromatic N) is 1. The molecule has 20 heavy (non-hydrogen) atoms. The van der Waals surface area contributed by atoms with Crippen molar-refractivity contribution in [3.05, 3.63) is 40.9 Å². The minimum atomic E-state index is -0.0269. The Labute approximate surface area is 124 Å². The Hall–Kier alpha value is -1.32. The van der Waals surface area contributed by atoms with Crippen molar-refractivity contribution in [2.24, 2.45) is 0 Å². The van der Waals surface area contributed by atoms with Crippen molar-refractivity contribution in [3.8, 4) is 0 Å². The normalized spacial score (nSPS) is 15.9. The first-order valence-electron chi connectivity index (χ1n) is 7.06. The Balaban J connectivity index is 2.01. The third-order valence-electron chi connectivity index (χ3n) is 3.68. The number of carbonyl (C=O) groups is 1. The molecule has 0 aromatic heterocycles. The van der Waals surface area contributed by atoms with Crippen molar-refractivity contribution < 1.29 is 9.90 Å². The molecule has 4 heteroatoms. The summed E-state index contributed by atoms with van der Waals surface area (Å²) in [5, 5.41) is 9.81. The lowest BCUT2D eigenvalue weighted by Gasteiger charge is -2.27. The molecule has 3 nitrogen and oxygen atoms in total. The van der Waals surface area contributed by atoms with Gasteiger partial charge in [-0.1, -0.05) is 36.6 Å². The lowest BCUT2D eigenvalue weighted by molar-refractivity contribution is -0.128. The average molecular weight is 294 g/mol. The summed E-state index contributed by atoms with van der Waals surface area (Å²) in [5.41, 5.74) is 0.943. The molecule has 0 atom stereocenters. The van der Waals surface area contributed by atoms with E-state index in [9.17, 15) is 4.79 Å². The van der Waals surface area contributed by atoms with Crippen LogP contribution < -0.4 is 0 Å². The highest BCUT2D eigenvalue weighted by Gasteiger charge is 2.24. The van der Waals surface area contributed by atoms with Crippen LogP contribution in [0.1, 0.15) is 31.2 Å². The van der Waals surface area contributed by atoms with Gasteiger partial charge < -0.3 is 10.0 Å². The topological polar surface area (TPSA) is 40.5 Å². The lowest BCUT2D eigenvalue weighted by Crippen LogP contribution is -2.39. The van der Waals surface area contributed by atoms with Crippen LogP contribution in [0.4, 0.5) is 0 Å². The van der Waals surface area contributed by atoms with Gasteiger partial charge in [-0.25, -0.2) is 0 Å². The molecule has 1 fully saturated rings. The van der Waals surface area contributed by atoms with Crippen LogP contribution in [0.25, 0.3) is 6.08 Å². The Morgan fingerprint density at radius 2 is 1.95 bits per heavy atom. The van der Waals surface area contributed by atoms with Gasteiger partial charge in [-0.05, 0) is 36.6 Å². The van der Waals surface area contributed by atoms with Gasteiger partial charge in [-0.2, -0.15) is 0 Å². The third-order valence-corrected chi connectivity index (χ3v) is 3.93. The molecule has 1 amide bonds. The summed E-state index contributed by atoms with van der Waals surface area (Å²) < 4.78 is 0. The van der Waals surface area contributed by atoms with Gasteiger partial charge in [0.2, 0.25) is 5.91 Å². The number of aliphatic hydroxyl groups excluding tert-OH is 1. The van der Waals surface area contributed by atoms with Crippen LogP contribution in [0, 0.1) is 0 Å². The predicted octanol–water partition coefficient (Wildman–Crippen LogP) is 3.12. The van der Waals surface area contributed by atoms with E-state index in [4.69, 9.17) is 16.7 Å². The zero-order valence-corrected chi connectivity index (χ0v) is 12.2. The Kier molecular flexibility index (Phi) is 5.62. The second-order valence-electron chi connectivity index (χ2n) is 5.08. The van der Waals surface area contributed by atoms with Crippen molar-refractivity contribution in [2.45, 2.75) is 31.7 Å². The standard InChI is InChI=1S/C16H20ClNO2/c17-14-8-5-13(6-9-14)7-10-16(20)18(11-12-19)15-3-1-2-4-15/h5-10,15,19H,1-4,11-12H2. The summed E-state index contributed by atoms with van der Waals surface area (Å²) in [6.07, 6.45) is 7.79. The smallest absolute Gasteiger partial charge is 0.246 e. The first kappa shape index (κ1) is 15.1. The van der Waals surface area contributed by atoms with Crippen LogP contribution in [-0.4, -0.2) is 35.1 Å². The van der Waals surface area contributed by atoms with Crippen LogP contribution in [0.3, 0.4) is 0 Å². The Morgan fingerprint density at radius 3 is 2.55 bits per heavy atom. The second-order valence-corrected chi connectivity index (χ2v) is 5.51. The Bertz CT molecular complexity index is 464. The highest BCUT2D eigenvalue weighted by Crippen LogP contribution is 2.23. The minimum Gasteiger partial charge on any atom is -0.395 e. The fraction of sp³-hybridized carbons (Fsp3) is 0.438. The summed E-state index contributed by atoms with van der Waals surface area (Å²) in [6, 6.07) is 7.63. The van der Waals surface area contributed by atoms with Crippen molar-refractivity contribution >= 4 is 23.6 Å². The van der Waals surface area contributed by atoms with E-state index in [2.05, 4.69) is 0 Å². The molecule has 108 valence electrons. The molecule has 1 N–H and O–H groups in total. The first-order valence-corrected chi connectivity index (χ1v) is 7.43. The number of halogens is 1. The molecule has 0 saturated heterocycles. The van der Waals surface area contributed by atoms with Gasteiger partial charge in [-0.15, -0.1) is 0 Å². The molecule has 0 unspecified atom stereocenters. The lowest BCUT2D eigenvalue weighted by atomic mass is 10.2. The number of hydrogen-bond donors (Lipinski definition) is 1. The zero-order chi connectivity index (χ0) is 14.4. The fourth-order valence-corrected chi connectivity index (χ4v) is 2.76. The van der Waals surface area contributed by atoms with Crippen LogP contribution in [0.15, 0.2) is 30.3 Å². The van der Waals surface area contributed by atoms with Crippen molar-refractivity contribution in [1.29, 1.82) is 0 Å². The van der Waals surface area contributed by atoms with Crippen molar-refractivity contribution in [1.82, 2.24) is 4.90 Å². The predicted molar refractivity (Wildman–Crippen MR) is 81.5 cm³/mol. The zero-order valence-electron chi connectivity index (χ0n) is 11.5. The molecule has 0 bridgehead atoms. The average Bonchev–Trinajstić information content (AvgIpc) is 2.97. The fourth-order valence-electron chi connectivity index (χ4n) is 2.63. The maximum atomic E-state index is 12.3. The van der Waals surface area contributed by atoms with Gasteiger partial charge in [0, 0.05) is 23.7 Å². The molecule has 2 rings (SSSR count). The number of amides is 1. The summed E-state index contributed by atoms with van der Waals surface area (Å²) >= 11 is 5.83. The molecular weight excluding hydrogens is 274 g/mol. The number of carbonyl (C=O) groups excluding carboxylic acids is 1. The summed E-state index contributed by atoms with van der Waals surface area (Å²) in [5.74, 6) is -0.0269. The van der Waals surface area contributed by atoms with Gasteiger partial charge >= 0.3 is 0 Å². The minimum absolute atomic E-state index is 0.0109. The van der Waals surface area contributed by atoms with Crippen molar-refractivity contribution in [2.75, 3.05) is 13.2 Å². The highest BCUT2D eigenvalue weighted by molar-refractivity contribution is 6.30. The van der Waals surface area contributed by atoms with Crippen LogP contribution in [-0.2, 0) is 4.79 Å². The largest absolute Gasteiger partial charge is 0.395 e. The molecule has 0 heterocycles. The summed E-state index contributed by atoms with van der Waals surface area (Å²) in [7, 11) is 0. The molecule has 0 spiro atoms. The van der Waals surface area contributed by atoms with E-state index >= 15 is 0 Å². The van der Waals surface area contributed by atoms with Crippen LogP contribution in [0.2, 0.25) is 5.02 Å². The van der Waals surface area contributed by atoms with Crippen LogP contribution >= 0.6 is 11.6 Å². The van der Waals surface area contributed by atoms with Crippen molar-refractivity contribution in [3.63, 3.8) is 0 Å². The highest BCUT2D eigenvalue weighted by atomic mass is 35.5. The molecule has 0 aliphatic heterocycles. The van der Waals surface area contributed by atoms with E-state index in [1.165, 1.54) is 12.8 Å². The first-order chi connectivity index (χ1) is 9.70. The monoisotopic (exact) mass is 293 g/mol. The van der Waals surface area contributed by atoms with E-state index < -0.39 is 0 Å². The Morgan fingerprint density at radius 1 is 1.30 bits per heavy atom. The number of aliphatic hydroxyl groups is 1. The third kappa shape index (κ3) is 4.09. The van der Waals surface area contributed by atoms with Gasteiger partial charge in [-0.3, -0.25) is 4.79 Å². The van der Waals surface area contributed by atoms with Crippen LogP contribution in [0.5, 0.6) is 0 Å². The summed E-state index contributed by atoms with van der Waals surface area (Å²) in [4.78, 5) is 14.1. The molecular formula is C16H20ClNO2. The van der Waals surface area contributed by atoms with Gasteiger partial charge in [0.15, 0.2) is 0 Å². The van der Waals surface area contributed by atoms with E-state index in [-0.39, 0.29) is 18.6 Å². The van der Waals surface area contributed by atoms with Gasteiger partial charge in [0.05, 0.1) is 6.61 Å². The summed E-state index contributed by atoms with van der Waals surface area (Å²) in [6.45, 7) is 0.422. The molecule has 1 aliphatic carbocycles. The van der Waals surface area contributed by atoms with E-state index in [1.54, 1.807) is 29.2 Å². The van der Waals surface area contributed by atoms with E-state index in [1.807, 2.05) is 12.1 Å². The maximum absolute atomic E-state index is 12.3. The van der Waals surface area contributed by atoms with E-state index in [0.29, 0.717) is 11.6 Å². The SMILES string of the molecule is O=C(C=Cc1ccc(Cl)cc1)N(CCO)C1CCCC1. The molecule has 0 radical (unpaired) electrons. The second kappa shape index (κ2) is 7.46. The van der Waals surface area contributed by atoms with E-state index in [0.717, 1.165) is 18.4 Å². The molecule has 1 aromatic carbocycles. The maximum Gasteiger partial charge on any atom is 0.246 e. The number of hydrogen-bond acceptors (Lipinski definition) is 2. The van der Waals surface area contributed by atoms with Gasteiger partial charge in [0.1, 0.15) is 0 Å². The molecule has 1 saturated carbocycles. The molecule has 1 aliphatic rings. The quantitative estimate of drug-likeness (QED) is 0.848. The molecule has 1 aromatic rings. The van der Waals surface area contributed by atoms with Gasteiger partial charge in [0.25, 0.3) is 0 Å². The number of benzene rings is 1. The number of rotatable bonds is 5.